The van der Waals surface area contributed by atoms with Gasteiger partial charge < -0.3 is 15.4 Å². The molecule has 2 N–H and O–H groups in total. The normalized spacial score (nSPS) is 19.5. The smallest absolute Gasteiger partial charge is 0.319 e. The average molecular weight is 348 g/mol. The summed E-state index contributed by atoms with van der Waals surface area (Å²) in [6, 6.07) is 16.8. The molecule has 2 amide bonds. The Morgan fingerprint density at radius 1 is 1.00 bits per heavy atom. The van der Waals surface area contributed by atoms with Gasteiger partial charge in [-0.1, -0.05) is 42.5 Å². The second-order valence-corrected chi connectivity index (χ2v) is 6.55. The van der Waals surface area contributed by atoms with Crippen molar-refractivity contribution >= 4 is 11.8 Å². The molecule has 0 fully saturated rings. The van der Waals surface area contributed by atoms with Crippen LogP contribution >= 0.6 is 0 Å². The highest BCUT2D eigenvalue weighted by Crippen LogP contribution is 2.34. The summed E-state index contributed by atoms with van der Waals surface area (Å²) in [6.45, 7) is 0.468. The van der Waals surface area contributed by atoms with Gasteiger partial charge in [-0.2, -0.15) is 0 Å². The molecule has 0 saturated carbocycles. The Balaban J connectivity index is 1.59. The number of ether oxygens (including phenoxy) is 1. The van der Waals surface area contributed by atoms with Gasteiger partial charge in [0.15, 0.2) is 5.78 Å². The zero-order valence-electron chi connectivity index (χ0n) is 14.3. The molecule has 1 atom stereocenters. The minimum absolute atomic E-state index is 0.0966. The number of hydrogen-bond acceptors (Lipinski definition) is 3. The van der Waals surface area contributed by atoms with Crippen LogP contribution in [0.15, 0.2) is 65.9 Å². The molecule has 1 aliphatic carbocycles. The van der Waals surface area contributed by atoms with E-state index in [1.54, 1.807) is 0 Å². The van der Waals surface area contributed by atoms with Crippen LogP contribution in [0.3, 0.4) is 0 Å². The van der Waals surface area contributed by atoms with Gasteiger partial charge in [0, 0.05) is 17.7 Å². The second kappa shape index (κ2) is 7.04. The first-order valence-corrected chi connectivity index (χ1v) is 8.81. The summed E-state index contributed by atoms with van der Waals surface area (Å²) in [6.07, 6.45) is 2.04. The Hall–Kier alpha value is -3.08. The number of carbonyl (C=O) groups excluding carboxylic acids is 2. The van der Waals surface area contributed by atoms with Gasteiger partial charge in [0.1, 0.15) is 12.4 Å². The van der Waals surface area contributed by atoms with E-state index >= 15 is 0 Å². The van der Waals surface area contributed by atoms with Crippen molar-refractivity contribution in [3.05, 3.63) is 77.0 Å². The van der Waals surface area contributed by atoms with Crippen molar-refractivity contribution in [2.24, 2.45) is 0 Å². The third-order valence-electron chi connectivity index (χ3n) is 4.72. The summed E-state index contributed by atoms with van der Waals surface area (Å²) in [7, 11) is 0. The largest absolute Gasteiger partial charge is 0.489 e. The summed E-state index contributed by atoms with van der Waals surface area (Å²) in [5.41, 5.74) is 3.37. The van der Waals surface area contributed by atoms with Crippen LogP contribution in [0, 0.1) is 0 Å². The number of allylic oxidation sites excluding steroid dienone is 1. The Bertz CT molecular complexity index is 874. The summed E-state index contributed by atoms with van der Waals surface area (Å²) in [4.78, 5) is 24.4. The molecule has 4 rings (SSSR count). The second-order valence-electron chi connectivity index (χ2n) is 6.55. The van der Waals surface area contributed by atoms with Crippen molar-refractivity contribution in [2.75, 3.05) is 0 Å². The molecular weight excluding hydrogens is 328 g/mol. The maximum atomic E-state index is 12.4. The van der Waals surface area contributed by atoms with E-state index in [-0.39, 0.29) is 11.8 Å². The van der Waals surface area contributed by atoms with Gasteiger partial charge >= 0.3 is 6.03 Å². The van der Waals surface area contributed by atoms with Gasteiger partial charge in [0.25, 0.3) is 0 Å². The number of hydrogen-bond donors (Lipinski definition) is 2. The zero-order chi connectivity index (χ0) is 17.9. The van der Waals surface area contributed by atoms with Gasteiger partial charge in [0.2, 0.25) is 0 Å². The predicted molar refractivity (Wildman–Crippen MR) is 97.5 cm³/mol. The maximum Gasteiger partial charge on any atom is 0.319 e. The number of rotatable bonds is 4. The van der Waals surface area contributed by atoms with Gasteiger partial charge in [-0.05, 0) is 36.1 Å². The molecule has 1 heterocycles. The standard InChI is InChI=1S/C21H20N2O3/c24-18-11-5-10-17-19(18)20(23-21(25)22-17)15-8-4-9-16(12-15)26-13-14-6-2-1-3-7-14/h1-4,6-9,12,20H,5,10-11,13H2,(H2,22,23,25)/t20-/m0/s1. The van der Waals surface area contributed by atoms with Crippen molar-refractivity contribution in [1.82, 2.24) is 10.6 Å². The van der Waals surface area contributed by atoms with Crippen molar-refractivity contribution < 1.29 is 14.3 Å². The van der Waals surface area contributed by atoms with Crippen LogP contribution in [0.5, 0.6) is 5.75 Å². The first-order valence-electron chi connectivity index (χ1n) is 8.81. The molecule has 2 aromatic carbocycles. The lowest BCUT2D eigenvalue weighted by molar-refractivity contribution is -0.116. The van der Waals surface area contributed by atoms with Crippen LogP contribution in [-0.2, 0) is 11.4 Å². The van der Waals surface area contributed by atoms with E-state index in [1.807, 2.05) is 54.6 Å². The number of ketones is 1. The molecule has 2 aliphatic rings. The minimum Gasteiger partial charge on any atom is -0.489 e. The number of Topliss-reactive ketones (excluding diaryl/α,β-unsaturated/α-hetero) is 1. The molecule has 0 aromatic heterocycles. The molecule has 0 unspecified atom stereocenters. The SMILES string of the molecule is O=C1NC2=C(C(=O)CCC2)[C@H](c2cccc(OCc3ccccc3)c2)N1. The summed E-state index contributed by atoms with van der Waals surface area (Å²) < 4.78 is 5.88. The van der Waals surface area contributed by atoms with Gasteiger partial charge in [-0.25, -0.2) is 4.79 Å². The molecule has 5 nitrogen and oxygen atoms in total. The summed E-state index contributed by atoms with van der Waals surface area (Å²) in [5, 5.41) is 5.67. The first-order chi connectivity index (χ1) is 12.7. The van der Waals surface area contributed by atoms with E-state index in [0.717, 1.165) is 29.7 Å². The molecule has 0 saturated heterocycles. The van der Waals surface area contributed by atoms with Crippen LogP contribution in [0.2, 0.25) is 0 Å². The van der Waals surface area contributed by atoms with Crippen molar-refractivity contribution in [2.45, 2.75) is 31.9 Å². The van der Waals surface area contributed by atoms with Crippen molar-refractivity contribution in [1.29, 1.82) is 0 Å². The monoisotopic (exact) mass is 348 g/mol. The number of amides is 2. The Labute approximate surface area is 152 Å². The van der Waals surface area contributed by atoms with Crippen LogP contribution in [0.1, 0.15) is 36.4 Å². The Kier molecular flexibility index (Phi) is 4.44. The topological polar surface area (TPSA) is 67.4 Å². The minimum atomic E-state index is -0.424. The zero-order valence-corrected chi connectivity index (χ0v) is 14.3. The average Bonchev–Trinajstić information content (AvgIpc) is 2.67. The predicted octanol–water partition coefficient (Wildman–Crippen LogP) is 3.63. The lowest BCUT2D eigenvalue weighted by atomic mass is 9.85. The summed E-state index contributed by atoms with van der Waals surface area (Å²) >= 11 is 0. The third-order valence-corrected chi connectivity index (χ3v) is 4.72. The van der Waals surface area contributed by atoms with E-state index in [4.69, 9.17) is 4.74 Å². The molecule has 1 aliphatic heterocycles. The number of benzene rings is 2. The van der Waals surface area contributed by atoms with E-state index in [9.17, 15) is 9.59 Å². The van der Waals surface area contributed by atoms with Crippen molar-refractivity contribution in [3.8, 4) is 5.75 Å². The van der Waals surface area contributed by atoms with Crippen LogP contribution < -0.4 is 15.4 Å². The van der Waals surface area contributed by atoms with Gasteiger partial charge in [-0.3, -0.25) is 4.79 Å². The lowest BCUT2D eigenvalue weighted by Crippen LogP contribution is -2.46. The number of nitrogens with one attached hydrogen (secondary N) is 2. The van der Waals surface area contributed by atoms with E-state index in [2.05, 4.69) is 10.6 Å². The van der Waals surface area contributed by atoms with Gasteiger partial charge in [-0.15, -0.1) is 0 Å². The van der Waals surface area contributed by atoms with E-state index in [1.165, 1.54) is 0 Å². The molecular formula is C21H20N2O3. The van der Waals surface area contributed by atoms with E-state index in [0.29, 0.717) is 24.4 Å². The van der Waals surface area contributed by atoms with Gasteiger partial charge in [0.05, 0.1) is 6.04 Å². The molecule has 0 bridgehead atoms. The third kappa shape index (κ3) is 3.33. The van der Waals surface area contributed by atoms with E-state index < -0.39 is 6.04 Å². The fourth-order valence-corrected chi connectivity index (χ4v) is 3.48. The summed E-state index contributed by atoms with van der Waals surface area (Å²) in [5.74, 6) is 0.809. The van der Waals surface area contributed by atoms with Crippen LogP contribution in [-0.4, -0.2) is 11.8 Å². The molecule has 2 aromatic rings. The molecule has 26 heavy (non-hydrogen) atoms. The highest BCUT2D eigenvalue weighted by molar-refractivity contribution is 6.00. The Morgan fingerprint density at radius 3 is 2.69 bits per heavy atom. The maximum absolute atomic E-state index is 12.4. The quantitative estimate of drug-likeness (QED) is 0.887. The number of carbonyl (C=O) groups is 2. The highest BCUT2D eigenvalue weighted by Gasteiger charge is 2.34. The number of urea groups is 1. The van der Waals surface area contributed by atoms with Crippen LogP contribution in [0.4, 0.5) is 4.79 Å². The van der Waals surface area contributed by atoms with Crippen LogP contribution in [0.25, 0.3) is 0 Å². The lowest BCUT2D eigenvalue weighted by Gasteiger charge is -2.32. The van der Waals surface area contributed by atoms with Crippen molar-refractivity contribution in [3.63, 3.8) is 0 Å². The Morgan fingerprint density at radius 2 is 1.85 bits per heavy atom. The first kappa shape index (κ1) is 16.4. The molecule has 132 valence electrons. The molecule has 0 spiro atoms. The molecule has 0 radical (unpaired) electrons. The fraction of sp³-hybridized carbons (Fsp3) is 0.238. The fourth-order valence-electron chi connectivity index (χ4n) is 3.48. The molecule has 5 heteroatoms. The highest BCUT2D eigenvalue weighted by atomic mass is 16.5.